The predicted molar refractivity (Wildman–Crippen MR) is 85.1 cm³/mol. The zero-order valence-electron chi connectivity index (χ0n) is 11.1. The number of halogens is 2. The van der Waals surface area contributed by atoms with Crippen LogP contribution in [0.25, 0.3) is 0 Å². The summed E-state index contributed by atoms with van der Waals surface area (Å²) in [6, 6.07) is 12.0. The van der Waals surface area contributed by atoms with E-state index in [1.807, 2.05) is 24.3 Å². The lowest BCUT2D eigenvalue weighted by atomic mass is 10.2. The maximum Gasteiger partial charge on any atom is 0.227 e. The van der Waals surface area contributed by atoms with Crippen LogP contribution in [-0.2, 0) is 11.3 Å². The van der Waals surface area contributed by atoms with Gasteiger partial charge in [0, 0.05) is 22.2 Å². The zero-order valence-corrected chi connectivity index (χ0v) is 12.7. The van der Waals surface area contributed by atoms with Gasteiger partial charge < -0.3 is 11.1 Å². The Balaban J connectivity index is 2.07. The molecule has 110 valence electrons. The average Bonchev–Trinajstić information content (AvgIpc) is 2.42. The van der Waals surface area contributed by atoms with Gasteiger partial charge in [0.15, 0.2) is 0 Å². The van der Waals surface area contributed by atoms with Gasteiger partial charge in [-0.3, -0.25) is 4.79 Å². The van der Waals surface area contributed by atoms with E-state index in [0.29, 0.717) is 11.6 Å². The summed E-state index contributed by atoms with van der Waals surface area (Å²) in [5, 5.41) is 3.57. The topological polar surface area (TPSA) is 55.1 Å². The fraction of sp³-hybridized carbons (Fsp3) is 0.133. The van der Waals surface area contributed by atoms with Crippen molar-refractivity contribution in [1.82, 2.24) is 0 Å². The summed E-state index contributed by atoms with van der Waals surface area (Å²) in [7, 11) is 0. The number of anilines is 1. The van der Waals surface area contributed by atoms with E-state index in [0.717, 1.165) is 16.1 Å². The smallest absolute Gasteiger partial charge is 0.227 e. The van der Waals surface area contributed by atoms with Gasteiger partial charge in [0.05, 0.1) is 5.75 Å². The van der Waals surface area contributed by atoms with E-state index in [1.54, 1.807) is 6.07 Å². The molecule has 0 aromatic heterocycles. The van der Waals surface area contributed by atoms with Crippen LogP contribution in [0.3, 0.4) is 0 Å². The molecule has 0 heterocycles. The van der Waals surface area contributed by atoms with Crippen LogP contribution in [-0.4, -0.2) is 11.7 Å². The second-order valence-electron chi connectivity index (χ2n) is 4.38. The molecular formula is C15H14ClFN2OS. The minimum absolute atomic E-state index is 0.213. The molecule has 0 atom stereocenters. The number of primary amides is 1. The highest BCUT2D eigenvalue weighted by Gasteiger charge is 2.05. The Labute approximate surface area is 131 Å². The maximum absolute atomic E-state index is 13.3. The van der Waals surface area contributed by atoms with Gasteiger partial charge in [0.1, 0.15) is 5.82 Å². The molecule has 0 spiro atoms. The van der Waals surface area contributed by atoms with Crippen molar-refractivity contribution in [1.29, 1.82) is 0 Å². The molecule has 6 heteroatoms. The Hall–Kier alpha value is -1.72. The van der Waals surface area contributed by atoms with Crippen LogP contribution in [0.15, 0.2) is 47.4 Å². The van der Waals surface area contributed by atoms with E-state index >= 15 is 0 Å². The Morgan fingerprint density at radius 2 is 2.05 bits per heavy atom. The van der Waals surface area contributed by atoms with Crippen molar-refractivity contribution < 1.29 is 9.18 Å². The van der Waals surface area contributed by atoms with Crippen molar-refractivity contribution >= 4 is 35.0 Å². The summed E-state index contributed by atoms with van der Waals surface area (Å²) in [5.74, 6) is -0.521. The number of carbonyl (C=O) groups excluding carboxylic acids is 1. The van der Waals surface area contributed by atoms with E-state index in [2.05, 4.69) is 5.32 Å². The molecule has 21 heavy (non-hydrogen) atoms. The Morgan fingerprint density at radius 1 is 1.29 bits per heavy atom. The molecule has 0 aliphatic rings. The van der Waals surface area contributed by atoms with Crippen molar-refractivity contribution in [2.24, 2.45) is 5.73 Å². The van der Waals surface area contributed by atoms with Gasteiger partial charge in [-0.1, -0.05) is 23.7 Å². The number of nitrogens with two attached hydrogens (primary N) is 1. The van der Waals surface area contributed by atoms with Gasteiger partial charge in [-0.15, -0.1) is 11.8 Å². The van der Waals surface area contributed by atoms with Gasteiger partial charge in [-0.25, -0.2) is 4.39 Å². The molecule has 0 unspecified atom stereocenters. The van der Waals surface area contributed by atoms with Gasteiger partial charge in [-0.05, 0) is 35.9 Å². The molecular weight excluding hydrogens is 311 g/mol. The third kappa shape index (κ3) is 4.95. The Bertz CT molecular complexity index is 631. The van der Waals surface area contributed by atoms with Crippen LogP contribution in [0.4, 0.5) is 10.1 Å². The van der Waals surface area contributed by atoms with Crippen molar-refractivity contribution in [3.05, 3.63) is 58.9 Å². The summed E-state index contributed by atoms with van der Waals surface area (Å²) < 4.78 is 13.3. The second kappa shape index (κ2) is 7.33. The van der Waals surface area contributed by atoms with E-state index in [9.17, 15) is 9.18 Å². The quantitative estimate of drug-likeness (QED) is 0.797. The summed E-state index contributed by atoms with van der Waals surface area (Å²) >= 11 is 7.18. The van der Waals surface area contributed by atoms with E-state index in [4.69, 9.17) is 17.3 Å². The number of hydrogen-bond acceptors (Lipinski definition) is 3. The lowest BCUT2D eigenvalue weighted by molar-refractivity contribution is -0.115. The molecule has 2 rings (SSSR count). The van der Waals surface area contributed by atoms with Crippen LogP contribution < -0.4 is 11.1 Å². The third-order valence-electron chi connectivity index (χ3n) is 2.66. The van der Waals surface area contributed by atoms with Crippen LogP contribution in [0.2, 0.25) is 5.02 Å². The van der Waals surface area contributed by atoms with Crippen LogP contribution in [0.1, 0.15) is 5.56 Å². The number of carbonyl (C=O) groups is 1. The van der Waals surface area contributed by atoms with Gasteiger partial charge >= 0.3 is 0 Å². The number of benzene rings is 2. The molecule has 1 amide bonds. The lowest BCUT2D eigenvalue weighted by Crippen LogP contribution is -2.13. The monoisotopic (exact) mass is 324 g/mol. The van der Waals surface area contributed by atoms with Gasteiger partial charge in [0.2, 0.25) is 5.91 Å². The maximum atomic E-state index is 13.3. The molecule has 0 saturated carbocycles. The highest BCUT2D eigenvalue weighted by Crippen LogP contribution is 2.27. The molecule has 3 N–H and O–H groups in total. The Kier molecular flexibility index (Phi) is 5.47. The third-order valence-corrected chi connectivity index (χ3v) is 3.98. The number of thioether (sulfide) groups is 1. The fourth-order valence-corrected chi connectivity index (χ4v) is 2.81. The zero-order chi connectivity index (χ0) is 15.2. The number of para-hydroxylation sites is 1. The predicted octanol–water partition coefficient (Wildman–Crippen LogP) is 3.67. The van der Waals surface area contributed by atoms with E-state index < -0.39 is 0 Å². The minimum Gasteiger partial charge on any atom is -0.380 e. The molecule has 0 aliphatic carbocycles. The summed E-state index contributed by atoms with van der Waals surface area (Å²) in [6.45, 7) is 0.436. The first-order chi connectivity index (χ1) is 10.0. The van der Waals surface area contributed by atoms with Crippen molar-refractivity contribution in [2.45, 2.75) is 11.4 Å². The number of rotatable bonds is 6. The van der Waals surface area contributed by atoms with Gasteiger partial charge in [-0.2, -0.15) is 0 Å². The summed E-state index contributed by atoms with van der Waals surface area (Å²) in [4.78, 5) is 11.8. The number of hydrogen-bond donors (Lipinski definition) is 2. The number of amides is 1. The molecule has 0 fully saturated rings. The summed E-state index contributed by atoms with van der Waals surface area (Å²) in [6.07, 6.45) is 0. The molecule has 0 radical (unpaired) electrons. The molecule has 0 aliphatic heterocycles. The van der Waals surface area contributed by atoms with E-state index in [1.165, 1.54) is 23.9 Å². The lowest BCUT2D eigenvalue weighted by Gasteiger charge is -2.11. The highest BCUT2D eigenvalue weighted by molar-refractivity contribution is 8.00. The van der Waals surface area contributed by atoms with Crippen LogP contribution in [0.5, 0.6) is 0 Å². The standard InChI is InChI=1S/C15H14ClFN2OS/c16-11-5-10(6-12(17)7-11)8-19-13-3-1-2-4-14(13)21-9-15(18)20/h1-7,19H,8-9H2,(H2,18,20). The minimum atomic E-state index is -0.369. The van der Waals surface area contributed by atoms with Crippen molar-refractivity contribution in [2.75, 3.05) is 11.1 Å². The first kappa shape index (κ1) is 15.7. The largest absolute Gasteiger partial charge is 0.380 e. The van der Waals surface area contributed by atoms with Gasteiger partial charge in [0.25, 0.3) is 0 Å². The molecule has 2 aromatic carbocycles. The van der Waals surface area contributed by atoms with Crippen molar-refractivity contribution in [3.63, 3.8) is 0 Å². The van der Waals surface area contributed by atoms with Crippen molar-refractivity contribution in [3.8, 4) is 0 Å². The summed E-state index contributed by atoms with van der Waals surface area (Å²) in [5.41, 5.74) is 6.76. The first-order valence-corrected chi connectivity index (χ1v) is 7.60. The SMILES string of the molecule is NC(=O)CSc1ccccc1NCc1cc(F)cc(Cl)c1. The average molecular weight is 325 g/mol. The number of nitrogens with one attached hydrogen (secondary N) is 1. The van der Waals surface area contributed by atoms with Crippen LogP contribution in [0, 0.1) is 5.82 Å². The van der Waals surface area contributed by atoms with Crippen LogP contribution >= 0.6 is 23.4 Å². The van der Waals surface area contributed by atoms with E-state index in [-0.39, 0.29) is 17.5 Å². The second-order valence-corrected chi connectivity index (χ2v) is 5.84. The molecule has 2 aromatic rings. The first-order valence-electron chi connectivity index (χ1n) is 6.23. The molecule has 0 bridgehead atoms. The molecule has 0 saturated heterocycles. The fourth-order valence-electron chi connectivity index (χ4n) is 1.80. The normalized spacial score (nSPS) is 10.4. The highest BCUT2D eigenvalue weighted by atomic mass is 35.5. The molecule has 3 nitrogen and oxygen atoms in total. The Morgan fingerprint density at radius 3 is 2.76 bits per heavy atom.